The van der Waals surface area contributed by atoms with E-state index >= 15 is 0 Å². The number of anilines is 1. The lowest BCUT2D eigenvalue weighted by Gasteiger charge is -2.10. The summed E-state index contributed by atoms with van der Waals surface area (Å²) in [7, 11) is 3.19. The number of aryl methyl sites for hydroxylation is 2. The van der Waals surface area contributed by atoms with Crippen molar-refractivity contribution in [2.75, 3.05) is 11.6 Å². The number of benzene rings is 1. The van der Waals surface area contributed by atoms with Crippen LogP contribution in [0.3, 0.4) is 0 Å². The number of rotatable bonds is 4. The quantitative estimate of drug-likeness (QED) is 0.696. The maximum Gasteiger partial charge on any atom is 0.332 e. The average molecular weight is 359 g/mol. The Balaban J connectivity index is 1.95. The van der Waals surface area contributed by atoms with Gasteiger partial charge in [0.25, 0.3) is 5.56 Å². The van der Waals surface area contributed by atoms with Gasteiger partial charge >= 0.3 is 5.69 Å². The van der Waals surface area contributed by atoms with Gasteiger partial charge in [0.1, 0.15) is 6.54 Å². The molecule has 0 spiro atoms. The molecule has 2 heterocycles. The number of hydrogen-bond acceptors (Lipinski definition) is 5. The van der Waals surface area contributed by atoms with Gasteiger partial charge in [0.2, 0.25) is 5.91 Å². The van der Waals surface area contributed by atoms with Gasteiger partial charge in [-0.2, -0.15) is 0 Å². The second-order valence-electron chi connectivity index (χ2n) is 5.54. The van der Waals surface area contributed by atoms with Crippen LogP contribution in [-0.2, 0) is 25.4 Å². The molecule has 3 rings (SSSR count). The molecular weight excluding hydrogens is 342 g/mol. The highest BCUT2D eigenvalue weighted by Gasteiger charge is 2.17. The summed E-state index contributed by atoms with van der Waals surface area (Å²) in [6.45, 7) is -0.365. The van der Waals surface area contributed by atoms with Crippen molar-refractivity contribution >= 4 is 34.5 Å². The van der Waals surface area contributed by atoms with Crippen LogP contribution in [0.25, 0.3) is 11.2 Å². The first-order chi connectivity index (χ1) is 11.9. The number of imidazole rings is 1. The molecule has 2 aromatic heterocycles. The van der Waals surface area contributed by atoms with E-state index in [0.29, 0.717) is 11.3 Å². The fourth-order valence-corrected chi connectivity index (χ4v) is 3.04. The minimum Gasteiger partial charge on any atom is -0.328 e. The normalized spacial score (nSPS) is 11.0. The van der Waals surface area contributed by atoms with Crippen molar-refractivity contribution in [3.8, 4) is 0 Å². The Morgan fingerprint density at radius 1 is 1.28 bits per heavy atom. The molecule has 0 aliphatic heterocycles. The lowest BCUT2D eigenvalue weighted by Crippen LogP contribution is -2.42. The lowest BCUT2D eigenvalue weighted by molar-refractivity contribution is -0.116. The second-order valence-corrected chi connectivity index (χ2v) is 6.42. The van der Waals surface area contributed by atoms with Gasteiger partial charge in [0, 0.05) is 24.7 Å². The molecule has 0 unspecified atom stereocenters. The fourth-order valence-electron chi connectivity index (χ4n) is 2.58. The Bertz CT molecular complexity index is 1080. The third-order valence-corrected chi connectivity index (χ3v) is 4.58. The fraction of sp³-hybridized carbons (Fsp3) is 0.250. The number of carbonyl (C=O) groups excluding carboxylic acids is 1. The molecule has 25 heavy (non-hydrogen) atoms. The van der Waals surface area contributed by atoms with Gasteiger partial charge in [-0.05, 0) is 24.5 Å². The maximum absolute atomic E-state index is 12.6. The molecule has 0 aliphatic rings. The summed E-state index contributed by atoms with van der Waals surface area (Å²) in [5.74, 6) is -0.445. The van der Waals surface area contributed by atoms with Crippen LogP contribution in [0.4, 0.5) is 5.69 Å². The maximum atomic E-state index is 12.6. The van der Waals surface area contributed by atoms with Crippen LogP contribution in [0, 0.1) is 0 Å². The molecule has 130 valence electrons. The van der Waals surface area contributed by atoms with Gasteiger partial charge in [-0.25, -0.2) is 14.3 Å². The van der Waals surface area contributed by atoms with Crippen molar-refractivity contribution < 1.29 is 4.79 Å². The molecule has 0 aliphatic carbocycles. The van der Waals surface area contributed by atoms with Crippen molar-refractivity contribution in [1.82, 2.24) is 18.7 Å². The zero-order valence-electron chi connectivity index (χ0n) is 14.0. The smallest absolute Gasteiger partial charge is 0.328 e. The van der Waals surface area contributed by atoms with E-state index in [-0.39, 0.29) is 12.1 Å². The number of carbonyl (C=O) groups is 1. The lowest BCUT2D eigenvalue weighted by atomic mass is 10.3. The molecule has 9 heteroatoms. The summed E-state index contributed by atoms with van der Waals surface area (Å²) in [5, 5.41) is 2.71. The summed E-state index contributed by atoms with van der Waals surface area (Å²) < 4.78 is 3.71. The van der Waals surface area contributed by atoms with Crippen LogP contribution in [0.1, 0.15) is 0 Å². The van der Waals surface area contributed by atoms with Crippen LogP contribution in [0.5, 0.6) is 0 Å². The highest BCUT2D eigenvalue weighted by molar-refractivity contribution is 7.98. The standard InChI is InChI=1S/C16H17N5O3S/c1-19-9-17-14-13(19)15(23)21(16(24)20(14)2)8-12(22)18-10-5-4-6-11(7-10)25-3/h4-7,9H,8H2,1-3H3,(H,18,22). The number of fused-ring (bicyclic) bond motifs is 1. The topological polar surface area (TPSA) is 90.9 Å². The van der Waals surface area contributed by atoms with Crippen LogP contribution in [0.15, 0.2) is 45.1 Å². The van der Waals surface area contributed by atoms with Crippen molar-refractivity contribution in [1.29, 1.82) is 0 Å². The minimum atomic E-state index is -0.579. The SMILES string of the molecule is CSc1cccc(NC(=O)Cn2c(=O)c3c(ncn3C)n(C)c2=O)c1. The molecule has 8 nitrogen and oxygen atoms in total. The Kier molecular flexibility index (Phi) is 4.49. The predicted molar refractivity (Wildman–Crippen MR) is 97.1 cm³/mol. The van der Waals surface area contributed by atoms with E-state index in [1.807, 2.05) is 24.5 Å². The molecule has 1 amide bonds. The Morgan fingerprint density at radius 3 is 2.76 bits per heavy atom. The molecule has 1 aromatic carbocycles. The molecule has 0 saturated heterocycles. The van der Waals surface area contributed by atoms with E-state index in [1.54, 1.807) is 24.9 Å². The second kappa shape index (κ2) is 6.60. The van der Waals surface area contributed by atoms with Crippen LogP contribution in [-0.4, -0.2) is 30.8 Å². The molecular formula is C16H17N5O3S. The first kappa shape index (κ1) is 17.0. The Hall–Kier alpha value is -2.81. The number of nitrogens with zero attached hydrogens (tertiary/aromatic N) is 4. The summed E-state index contributed by atoms with van der Waals surface area (Å²) in [6.07, 6.45) is 3.40. The molecule has 3 aromatic rings. The molecule has 0 radical (unpaired) electrons. The first-order valence-electron chi connectivity index (χ1n) is 7.47. The first-order valence-corrected chi connectivity index (χ1v) is 8.69. The summed E-state index contributed by atoms with van der Waals surface area (Å²) in [4.78, 5) is 42.3. The van der Waals surface area contributed by atoms with Crippen molar-refractivity contribution in [3.05, 3.63) is 51.4 Å². The van der Waals surface area contributed by atoms with E-state index in [4.69, 9.17) is 0 Å². The molecule has 0 fully saturated rings. The van der Waals surface area contributed by atoms with Gasteiger partial charge in [0.05, 0.1) is 6.33 Å². The monoisotopic (exact) mass is 359 g/mol. The van der Waals surface area contributed by atoms with Gasteiger partial charge < -0.3 is 9.88 Å². The number of aromatic nitrogens is 4. The highest BCUT2D eigenvalue weighted by atomic mass is 32.2. The molecule has 0 saturated carbocycles. The van der Waals surface area contributed by atoms with Gasteiger partial charge in [0.15, 0.2) is 11.2 Å². The molecule has 0 bridgehead atoms. The largest absolute Gasteiger partial charge is 0.332 e. The van der Waals surface area contributed by atoms with Crippen molar-refractivity contribution in [2.24, 2.45) is 14.1 Å². The zero-order valence-corrected chi connectivity index (χ0v) is 14.8. The van der Waals surface area contributed by atoms with Crippen LogP contribution in [0.2, 0.25) is 0 Å². The predicted octanol–water partition coefficient (Wildman–Crippen LogP) is 0.794. The third kappa shape index (κ3) is 3.10. The van der Waals surface area contributed by atoms with Crippen molar-refractivity contribution in [3.63, 3.8) is 0 Å². The van der Waals surface area contributed by atoms with Crippen LogP contribution >= 0.6 is 11.8 Å². The number of hydrogen-bond donors (Lipinski definition) is 1. The average Bonchev–Trinajstić information content (AvgIpc) is 2.99. The van der Waals surface area contributed by atoms with Gasteiger partial charge in [-0.1, -0.05) is 6.07 Å². The van der Waals surface area contributed by atoms with E-state index in [9.17, 15) is 14.4 Å². The van der Waals surface area contributed by atoms with Crippen molar-refractivity contribution in [2.45, 2.75) is 11.4 Å². The molecule has 1 N–H and O–H groups in total. The van der Waals surface area contributed by atoms with Gasteiger partial charge in [-0.15, -0.1) is 11.8 Å². The van der Waals surface area contributed by atoms with Crippen LogP contribution < -0.4 is 16.6 Å². The third-order valence-electron chi connectivity index (χ3n) is 3.86. The zero-order chi connectivity index (χ0) is 18.1. The van der Waals surface area contributed by atoms with E-state index < -0.39 is 17.2 Å². The summed E-state index contributed by atoms with van der Waals surface area (Å²) in [6, 6.07) is 7.34. The highest BCUT2D eigenvalue weighted by Crippen LogP contribution is 2.18. The number of thioether (sulfide) groups is 1. The minimum absolute atomic E-state index is 0.277. The summed E-state index contributed by atoms with van der Waals surface area (Å²) in [5.41, 5.74) is 0.0692. The Labute approximate surface area is 147 Å². The molecule has 0 atom stereocenters. The van der Waals surface area contributed by atoms with E-state index in [2.05, 4.69) is 10.3 Å². The van der Waals surface area contributed by atoms with E-state index in [1.165, 1.54) is 22.5 Å². The summed E-state index contributed by atoms with van der Waals surface area (Å²) >= 11 is 1.56. The number of amides is 1. The van der Waals surface area contributed by atoms with E-state index in [0.717, 1.165) is 9.46 Å². The Morgan fingerprint density at radius 2 is 2.04 bits per heavy atom. The van der Waals surface area contributed by atoms with Gasteiger partial charge in [-0.3, -0.25) is 14.2 Å². The number of nitrogens with one attached hydrogen (secondary N) is 1.